The van der Waals surface area contributed by atoms with Gasteiger partial charge in [-0.25, -0.2) is 4.79 Å². The van der Waals surface area contributed by atoms with Gasteiger partial charge in [0.15, 0.2) is 6.04 Å². The van der Waals surface area contributed by atoms with E-state index in [-0.39, 0.29) is 5.91 Å². The van der Waals surface area contributed by atoms with Gasteiger partial charge in [0.05, 0.1) is 17.0 Å². The van der Waals surface area contributed by atoms with Gasteiger partial charge in [-0.3, -0.25) is 4.79 Å². The number of nitrogens with one attached hydrogen (secondary N) is 1. The van der Waals surface area contributed by atoms with Crippen LogP contribution in [-0.4, -0.2) is 40.5 Å². The zero-order valence-electron chi connectivity index (χ0n) is 18.0. The van der Waals surface area contributed by atoms with E-state index in [1.807, 2.05) is 32.9 Å². The summed E-state index contributed by atoms with van der Waals surface area (Å²) in [6.07, 6.45) is -0.550. The van der Waals surface area contributed by atoms with E-state index in [1.165, 1.54) is 11.8 Å². The molecular weight excluding hydrogens is 398 g/mol. The van der Waals surface area contributed by atoms with Crippen molar-refractivity contribution in [2.75, 3.05) is 0 Å². The van der Waals surface area contributed by atoms with Crippen molar-refractivity contribution in [2.24, 2.45) is 0 Å². The molecule has 0 aromatic heterocycles. The Kier molecular flexibility index (Phi) is 8.85. The van der Waals surface area contributed by atoms with E-state index in [0.717, 1.165) is 4.90 Å². The molecule has 5 nitrogen and oxygen atoms in total. The van der Waals surface area contributed by atoms with Gasteiger partial charge in [0, 0.05) is 9.92 Å². The van der Waals surface area contributed by atoms with Gasteiger partial charge in [0.1, 0.15) is 5.60 Å². The average Bonchev–Trinajstić information content (AvgIpc) is 2.50. The van der Waals surface area contributed by atoms with Crippen LogP contribution in [0.25, 0.3) is 0 Å². The molecule has 158 valence electrons. The van der Waals surface area contributed by atoms with Gasteiger partial charge in [-0.1, -0.05) is 11.6 Å². The molecule has 1 aromatic rings. The second-order valence-corrected chi connectivity index (χ2v) is 10.5. The van der Waals surface area contributed by atoms with Crippen LogP contribution in [0.2, 0.25) is 5.02 Å². The third-order valence-electron chi connectivity index (χ3n) is 3.46. The standard InChI is InChI=1S/C21H32ClNO4S/c1-13(26-20(3,4)5)17(19(25)27-21(6,7)8)23-18(24)14(2)28-16-11-9-15(22)10-12-16/h9-14,17H,1-8H3,(H,23,24)/t13-,14+,17+/m1/s1. The monoisotopic (exact) mass is 429 g/mol. The van der Waals surface area contributed by atoms with Gasteiger partial charge in [-0.15, -0.1) is 11.8 Å². The van der Waals surface area contributed by atoms with E-state index in [1.54, 1.807) is 46.8 Å². The summed E-state index contributed by atoms with van der Waals surface area (Å²) >= 11 is 7.29. The van der Waals surface area contributed by atoms with Crippen LogP contribution in [0.15, 0.2) is 29.2 Å². The van der Waals surface area contributed by atoms with Crippen LogP contribution in [-0.2, 0) is 19.1 Å². The Morgan fingerprint density at radius 2 is 1.54 bits per heavy atom. The minimum atomic E-state index is -0.904. The number of carbonyl (C=O) groups is 2. The summed E-state index contributed by atoms with van der Waals surface area (Å²) in [4.78, 5) is 26.4. The summed E-state index contributed by atoms with van der Waals surface area (Å²) in [5, 5.41) is 3.04. The Balaban J connectivity index is 2.88. The molecule has 0 unspecified atom stereocenters. The van der Waals surface area contributed by atoms with Gasteiger partial charge in [-0.05, 0) is 79.7 Å². The highest BCUT2D eigenvalue weighted by Crippen LogP contribution is 2.25. The molecule has 0 aliphatic heterocycles. The summed E-state index contributed by atoms with van der Waals surface area (Å²) in [6, 6.07) is 6.36. The minimum absolute atomic E-state index is 0.264. The number of ether oxygens (including phenoxy) is 2. The van der Waals surface area contributed by atoms with Gasteiger partial charge in [-0.2, -0.15) is 0 Å². The highest BCUT2D eigenvalue weighted by molar-refractivity contribution is 8.00. The topological polar surface area (TPSA) is 64.6 Å². The molecule has 0 saturated carbocycles. The lowest BCUT2D eigenvalue weighted by Gasteiger charge is -2.32. The Morgan fingerprint density at radius 3 is 2.00 bits per heavy atom. The fourth-order valence-electron chi connectivity index (χ4n) is 2.40. The second kappa shape index (κ2) is 9.99. The van der Waals surface area contributed by atoms with Crippen molar-refractivity contribution in [1.82, 2.24) is 5.32 Å². The van der Waals surface area contributed by atoms with E-state index in [9.17, 15) is 9.59 Å². The first-order chi connectivity index (χ1) is 12.7. The number of hydrogen-bond donors (Lipinski definition) is 1. The van der Waals surface area contributed by atoms with Crippen LogP contribution < -0.4 is 5.32 Å². The maximum Gasteiger partial charge on any atom is 0.331 e. The zero-order valence-corrected chi connectivity index (χ0v) is 19.5. The summed E-state index contributed by atoms with van der Waals surface area (Å²) in [5.41, 5.74) is -1.13. The van der Waals surface area contributed by atoms with E-state index in [0.29, 0.717) is 5.02 Å². The number of amides is 1. The van der Waals surface area contributed by atoms with Gasteiger partial charge in [0.25, 0.3) is 0 Å². The molecule has 1 rings (SSSR count). The predicted molar refractivity (Wildman–Crippen MR) is 115 cm³/mol. The Morgan fingerprint density at radius 1 is 1.00 bits per heavy atom. The number of thioether (sulfide) groups is 1. The highest BCUT2D eigenvalue weighted by Gasteiger charge is 2.35. The Hall–Kier alpha value is -1.24. The first-order valence-corrected chi connectivity index (χ1v) is 10.6. The zero-order chi connectivity index (χ0) is 21.7. The van der Waals surface area contributed by atoms with E-state index in [2.05, 4.69) is 5.32 Å². The van der Waals surface area contributed by atoms with Gasteiger partial charge in [0.2, 0.25) is 5.91 Å². The van der Waals surface area contributed by atoms with Crippen LogP contribution in [0.3, 0.4) is 0 Å². The molecule has 3 atom stereocenters. The van der Waals surface area contributed by atoms with Crippen LogP contribution in [0.1, 0.15) is 55.4 Å². The van der Waals surface area contributed by atoms with Gasteiger partial charge < -0.3 is 14.8 Å². The number of esters is 1. The average molecular weight is 430 g/mol. The molecule has 0 aliphatic rings. The lowest BCUT2D eigenvalue weighted by atomic mass is 10.1. The Labute approximate surface area is 177 Å². The molecule has 0 heterocycles. The minimum Gasteiger partial charge on any atom is -0.458 e. The largest absolute Gasteiger partial charge is 0.458 e. The number of carbonyl (C=O) groups excluding carboxylic acids is 2. The number of hydrogen-bond acceptors (Lipinski definition) is 5. The van der Waals surface area contributed by atoms with Crippen molar-refractivity contribution < 1.29 is 19.1 Å². The van der Waals surface area contributed by atoms with E-state index >= 15 is 0 Å². The number of benzene rings is 1. The molecule has 0 spiro atoms. The Bertz CT molecular complexity index is 664. The maximum atomic E-state index is 12.7. The number of halogens is 1. The molecule has 0 bridgehead atoms. The van der Waals surface area contributed by atoms with Gasteiger partial charge >= 0.3 is 5.97 Å². The molecule has 0 radical (unpaired) electrons. The van der Waals surface area contributed by atoms with Crippen molar-refractivity contribution in [3.63, 3.8) is 0 Å². The quantitative estimate of drug-likeness (QED) is 0.495. The molecule has 1 N–H and O–H groups in total. The highest BCUT2D eigenvalue weighted by atomic mass is 35.5. The molecule has 7 heteroatoms. The number of rotatable bonds is 7. The third kappa shape index (κ3) is 9.30. The molecule has 1 amide bonds. The van der Waals surface area contributed by atoms with E-state index in [4.69, 9.17) is 21.1 Å². The summed E-state index contributed by atoms with van der Waals surface area (Å²) in [5.74, 6) is -0.776. The van der Waals surface area contributed by atoms with Crippen molar-refractivity contribution in [1.29, 1.82) is 0 Å². The lowest BCUT2D eigenvalue weighted by molar-refractivity contribution is -0.166. The molecule has 28 heavy (non-hydrogen) atoms. The smallest absolute Gasteiger partial charge is 0.331 e. The summed E-state index contributed by atoms with van der Waals surface area (Å²) < 4.78 is 11.4. The van der Waals surface area contributed by atoms with E-state index < -0.39 is 34.6 Å². The van der Waals surface area contributed by atoms with Crippen LogP contribution in [0.4, 0.5) is 0 Å². The van der Waals surface area contributed by atoms with Crippen LogP contribution >= 0.6 is 23.4 Å². The van der Waals surface area contributed by atoms with Crippen molar-refractivity contribution in [3.05, 3.63) is 29.3 Å². The third-order valence-corrected chi connectivity index (χ3v) is 4.83. The molecule has 1 aromatic carbocycles. The normalized spacial score (nSPS) is 15.5. The fraction of sp³-hybridized carbons (Fsp3) is 0.619. The summed E-state index contributed by atoms with van der Waals surface area (Å²) in [7, 11) is 0. The fourth-order valence-corrected chi connectivity index (χ4v) is 3.40. The molecular formula is C21H32ClNO4S. The van der Waals surface area contributed by atoms with Crippen molar-refractivity contribution in [2.45, 2.75) is 88.9 Å². The first-order valence-electron chi connectivity index (χ1n) is 9.31. The molecule has 0 aliphatic carbocycles. The summed E-state index contributed by atoms with van der Waals surface area (Å²) in [6.45, 7) is 14.6. The van der Waals surface area contributed by atoms with Crippen molar-refractivity contribution in [3.8, 4) is 0 Å². The first kappa shape index (κ1) is 24.8. The SMILES string of the molecule is C[C@H](Sc1ccc(Cl)cc1)C(=O)N[C@H](C(=O)OC(C)(C)C)[C@@H](C)OC(C)(C)C. The maximum absolute atomic E-state index is 12.7. The van der Waals surface area contributed by atoms with Crippen LogP contribution in [0, 0.1) is 0 Å². The molecule has 0 saturated heterocycles. The second-order valence-electron chi connectivity index (χ2n) is 8.67. The van der Waals surface area contributed by atoms with Crippen molar-refractivity contribution >= 4 is 35.2 Å². The van der Waals surface area contributed by atoms with Crippen LogP contribution in [0.5, 0.6) is 0 Å². The predicted octanol–water partition coefficient (Wildman–Crippen LogP) is 4.85. The lowest BCUT2D eigenvalue weighted by Crippen LogP contribution is -2.53. The molecule has 0 fully saturated rings.